The summed E-state index contributed by atoms with van der Waals surface area (Å²) in [4.78, 5) is 10.3. The lowest BCUT2D eigenvalue weighted by Crippen LogP contribution is -2.13. The first-order chi connectivity index (χ1) is 17.5. The molecule has 0 aliphatic heterocycles. The van der Waals surface area contributed by atoms with Crippen LogP contribution in [0.15, 0.2) is 85.1 Å². The lowest BCUT2D eigenvalue weighted by Gasteiger charge is -2.25. The summed E-state index contributed by atoms with van der Waals surface area (Å²) in [5, 5.41) is 0. The van der Waals surface area contributed by atoms with E-state index in [2.05, 4.69) is 107 Å². The Hall–Kier alpha value is -4.04. The van der Waals surface area contributed by atoms with E-state index in [0.717, 1.165) is 35.5 Å². The molecule has 0 radical (unpaired) electrons. The van der Waals surface area contributed by atoms with E-state index >= 15 is 0 Å². The first-order valence-electron chi connectivity index (χ1n) is 12.7. The number of nitrogens with zero attached hydrogens (tertiary/aromatic N) is 2. The van der Waals surface area contributed by atoms with Crippen molar-refractivity contribution in [2.24, 2.45) is 0 Å². The van der Waals surface area contributed by atoms with Crippen LogP contribution in [-0.2, 0) is 12.8 Å². The van der Waals surface area contributed by atoms with Crippen molar-refractivity contribution in [1.82, 2.24) is 9.97 Å². The Morgan fingerprint density at radius 1 is 0.500 bits per heavy atom. The van der Waals surface area contributed by atoms with Gasteiger partial charge in [0, 0.05) is 11.8 Å². The minimum Gasteiger partial charge on any atom is -0.254 e. The van der Waals surface area contributed by atoms with Crippen LogP contribution in [0.1, 0.15) is 33.4 Å². The normalized spacial score (nSPS) is 12.2. The van der Waals surface area contributed by atoms with Crippen LogP contribution in [0.25, 0.3) is 44.9 Å². The molecule has 1 aliphatic carbocycles. The Kier molecular flexibility index (Phi) is 5.53. The molecule has 0 spiro atoms. The minimum atomic E-state index is 1.02. The molecule has 2 nitrogen and oxygen atoms in total. The minimum absolute atomic E-state index is 1.02. The zero-order valence-corrected chi connectivity index (χ0v) is 21.4. The second-order valence-electron chi connectivity index (χ2n) is 9.96. The molecule has 0 N–H and O–H groups in total. The van der Waals surface area contributed by atoms with E-state index in [4.69, 9.17) is 9.97 Å². The first-order valence-corrected chi connectivity index (χ1v) is 12.7. The van der Waals surface area contributed by atoms with Crippen LogP contribution in [0.3, 0.4) is 0 Å². The highest BCUT2D eigenvalue weighted by molar-refractivity contribution is 5.83. The van der Waals surface area contributed by atoms with Crippen molar-refractivity contribution in [3.63, 3.8) is 0 Å². The molecule has 2 heteroatoms. The second-order valence-corrected chi connectivity index (χ2v) is 9.96. The van der Waals surface area contributed by atoms with Crippen LogP contribution < -0.4 is 0 Å². The van der Waals surface area contributed by atoms with Gasteiger partial charge in [0.25, 0.3) is 0 Å². The van der Waals surface area contributed by atoms with Crippen LogP contribution in [0.2, 0.25) is 0 Å². The summed E-state index contributed by atoms with van der Waals surface area (Å²) < 4.78 is 0. The fraction of sp³-hybridized carbons (Fsp3) is 0.176. The summed E-state index contributed by atoms with van der Waals surface area (Å²) in [5.41, 5.74) is 17.0. The van der Waals surface area contributed by atoms with Gasteiger partial charge in [0.05, 0.1) is 17.1 Å². The van der Waals surface area contributed by atoms with Crippen molar-refractivity contribution in [3.8, 4) is 44.9 Å². The molecule has 1 aliphatic rings. The molecule has 0 saturated carbocycles. The monoisotopic (exact) mass is 466 g/mol. The van der Waals surface area contributed by atoms with Crippen LogP contribution in [-0.4, -0.2) is 9.97 Å². The molecule has 0 saturated heterocycles. The molecule has 0 bridgehead atoms. The zero-order chi connectivity index (χ0) is 24.8. The number of rotatable bonds is 3. The van der Waals surface area contributed by atoms with Crippen molar-refractivity contribution in [2.75, 3.05) is 0 Å². The number of aryl methyl sites for hydroxylation is 1. The van der Waals surface area contributed by atoms with Crippen molar-refractivity contribution < 1.29 is 0 Å². The fourth-order valence-electron chi connectivity index (χ4n) is 5.50. The standard InChI is InChI=1S/C34H30N2/c1-21-20-35-33-30(22(21)2)15-16-31-23(3)24(4)32(36-34(31)33)29-18-27(25-11-7-5-8-12-25)17-28(19-29)26-13-9-6-10-14-26/h5-14,17-20H,15-16H2,1-4H3. The van der Waals surface area contributed by atoms with Gasteiger partial charge in [-0.25, -0.2) is 4.98 Å². The molecule has 0 unspecified atom stereocenters. The van der Waals surface area contributed by atoms with Gasteiger partial charge in [-0.3, -0.25) is 4.98 Å². The lowest BCUT2D eigenvalue weighted by molar-refractivity contribution is 0.884. The molecule has 36 heavy (non-hydrogen) atoms. The third-order valence-corrected chi connectivity index (χ3v) is 7.87. The van der Waals surface area contributed by atoms with Gasteiger partial charge in [-0.05, 0) is 114 Å². The van der Waals surface area contributed by atoms with Crippen LogP contribution in [0.5, 0.6) is 0 Å². The number of hydrogen-bond donors (Lipinski definition) is 0. The fourth-order valence-corrected chi connectivity index (χ4v) is 5.50. The molecule has 2 heterocycles. The number of pyridine rings is 2. The highest BCUT2D eigenvalue weighted by atomic mass is 14.8. The van der Waals surface area contributed by atoms with E-state index < -0.39 is 0 Å². The third kappa shape index (κ3) is 3.74. The van der Waals surface area contributed by atoms with E-state index in [9.17, 15) is 0 Å². The van der Waals surface area contributed by atoms with Gasteiger partial charge >= 0.3 is 0 Å². The largest absolute Gasteiger partial charge is 0.254 e. The molecular weight excluding hydrogens is 436 g/mol. The summed E-state index contributed by atoms with van der Waals surface area (Å²) >= 11 is 0. The number of benzene rings is 3. The molecule has 6 rings (SSSR count). The maximum absolute atomic E-state index is 5.36. The predicted octanol–water partition coefficient (Wildman–Crippen LogP) is 8.48. The topological polar surface area (TPSA) is 25.8 Å². The average molecular weight is 467 g/mol. The summed E-state index contributed by atoms with van der Waals surface area (Å²) in [7, 11) is 0. The SMILES string of the molecule is Cc1cnc2c(c1C)CCc1c-2nc(-c2cc(-c3ccccc3)cc(-c3ccccc3)c2)c(C)c1C. The predicted molar refractivity (Wildman–Crippen MR) is 150 cm³/mol. The summed E-state index contributed by atoms with van der Waals surface area (Å²) in [5.74, 6) is 0. The van der Waals surface area contributed by atoms with Gasteiger partial charge in [0.2, 0.25) is 0 Å². The Morgan fingerprint density at radius 3 is 1.61 bits per heavy atom. The molecule has 3 aromatic carbocycles. The molecule has 176 valence electrons. The Balaban J connectivity index is 1.60. The second kappa shape index (κ2) is 8.87. The van der Waals surface area contributed by atoms with E-state index in [1.807, 2.05) is 6.20 Å². The summed E-state index contributed by atoms with van der Waals surface area (Å²) in [6.45, 7) is 8.85. The van der Waals surface area contributed by atoms with Gasteiger partial charge in [0.15, 0.2) is 0 Å². The quantitative estimate of drug-likeness (QED) is 0.266. The Morgan fingerprint density at radius 2 is 1.03 bits per heavy atom. The van der Waals surface area contributed by atoms with E-state index in [-0.39, 0.29) is 0 Å². The lowest BCUT2D eigenvalue weighted by atomic mass is 9.84. The smallest absolute Gasteiger partial charge is 0.0931 e. The summed E-state index contributed by atoms with van der Waals surface area (Å²) in [6.07, 6.45) is 4.06. The van der Waals surface area contributed by atoms with E-state index in [1.165, 1.54) is 55.6 Å². The van der Waals surface area contributed by atoms with Crippen molar-refractivity contribution in [3.05, 3.63) is 118 Å². The van der Waals surface area contributed by atoms with Gasteiger partial charge < -0.3 is 0 Å². The molecule has 0 atom stereocenters. The van der Waals surface area contributed by atoms with Gasteiger partial charge in [-0.1, -0.05) is 60.7 Å². The van der Waals surface area contributed by atoms with Crippen molar-refractivity contribution in [2.45, 2.75) is 40.5 Å². The highest BCUT2D eigenvalue weighted by Crippen LogP contribution is 2.40. The summed E-state index contributed by atoms with van der Waals surface area (Å²) in [6, 6.07) is 28.1. The highest BCUT2D eigenvalue weighted by Gasteiger charge is 2.25. The van der Waals surface area contributed by atoms with Crippen LogP contribution in [0, 0.1) is 27.7 Å². The van der Waals surface area contributed by atoms with E-state index in [1.54, 1.807) is 0 Å². The van der Waals surface area contributed by atoms with Crippen molar-refractivity contribution >= 4 is 0 Å². The first kappa shape index (κ1) is 22.4. The maximum Gasteiger partial charge on any atom is 0.0931 e. The van der Waals surface area contributed by atoms with Gasteiger partial charge in [-0.2, -0.15) is 0 Å². The van der Waals surface area contributed by atoms with Gasteiger partial charge in [0.1, 0.15) is 0 Å². The number of hydrogen-bond acceptors (Lipinski definition) is 2. The maximum atomic E-state index is 5.36. The van der Waals surface area contributed by atoms with Crippen LogP contribution in [0.4, 0.5) is 0 Å². The third-order valence-electron chi connectivity index (χ3n) is 7.87. The molecule has 0 fully saturated rings. The van der Waals surface area contributed by atoms with Crippen molar-refractivity contribution in [1.29, 1.82) is 0 Å². The van der Waals surface area contributed by atoms with Crippen LogP contribution >= 0.6 is 0 Å². The molecule has 5 aromatic rings. The molecular formula is C34H30N2. The number of aromatic nitrogens is 2. The Labute approximate surface area is 213 Å². The molecule has 2 aromatic heterocycles. The Bertz CT molecular complexity index is 1540. The zero-order valence-electron chi connectivity index (χ0n) is 21.4. The number of fused-ring (bicyclic) bond motifs is 3. The molecule has 0 amide bonds. The van der Waals surface area contributed by atoms with Gasteiger partial charge in [-0.15, -0.1) is 0 Å². The average Bonchev–Trinajstić information content (AvgIpc) is 2.93. The van der Waals surface area contributed by atoms with E-state index in [0.29, 0.717) is 0 Å².